The van der Waals surface area contributed by atoms with Crippen molar-refractivity contribution in [1.82, 2.24) is 9.97 Å². The molecular weight excluding hydrogens is 384 g/mol. The first kappa shape index (κ1) is 21.5. The minimum absolute atomic E-state index is 0.112. The number of amides is 2. The molecule has 0 saturated heterocycles. The number of aryl methyl sites for hydroxylation is 1. The molecule has 5 N–H and O–H groups in total. The van der Waals surface area contributed by atoms with Gasteiger partial charge in [0.2, 0.25) is 0 Å². The fourth-order valence-electron chi connectivity index (χ4n) is 4.08. The zero-order valence-electron chi connectivity index (χ0n) is 17.6. The summed E-state index contributed by atoms with van der Waals surface area (Å²) < 4.78 is 0.643. The number of aromatic nitrogens is 2. The van der Waals surface area contributed by atoms with Crippen LogP contribution in [0.3, 0.4) is 0 Å². The van der Waals surface area contributed by atoms with Crippen molar-refractivity contribution in [3.05, 3.63) is 51.0 Å². The Hall–Kier alpha value is -2.25. The van der Waals surface area contributed by atoms with Crippen LogP contribution in [0.1, 0.15) is 68.6 Å². The predicted octanol–water partition coefficient (Wildman–Crippen LogP) is 4.26. The SMILES string of the molecule is CC(C)(O)c1cc[nH]c(=S)c1.CC1(C)CCc2c1nc1c(c2NC(N)=O)CCC1. The van der Waals surface area contributed by atoms with Crippen LogP contribution in [0, 0.1) is 4.64 Å². The molecule has 0 aliphatic heterocycles. The Balaban J connectivity index is 0.000000188. The van der Waals surface area contributed by atoms with Gasteiger partial charge >= 0.3 is 6.03 Å². The van der Waals surface area contributed by atoms with E-state index in [1.807, 2.05) is 6.07 Å². The normalized spacial score (nSPS) is 16.4. The van der Waals surface area contributed by atoms with Gasteiger partial charge in [-0.05, 0) is 74.8 Å². The zero-order chi connectivity index (χ0) is 21.4. The lowest BCUT2D eigenvalue weighted by atomic mass is 9.90. The summed E-state index contributed by atoms with van der Waals surface area (Å²) >= 11 is 4.90. The molecule has 7 heteroatoms. The van der Waals surface area contributed by atoms with Gasteiger partial charge in [-0.25, -0.2) is 4.79 Å². The van der Waals surface area contributed by atoms with E-state index >= 15 is 0 Å². The van der Waals surface area contributed by atoms with E-state index in [1.54, 1.807) is 26.1 Å². The molecule has 0 fully saturated rings. The van der Waals surface area contributed by atoms with Crippen molar-refractivity contribution < 1.29 is 9.90 Å². The standard InChI is InChI=1S/C14H19N3O.C8H11NOS/c1-14(2)7-6-9-11(17-13(15)18)8-4-3-5-10(8)16-12(9)14;1-8(2,10)6-3-4-9-7(11)5-6/h3-7H2,1-2H3,(H3,15,16,17,18);3-5,10H,1-2H3,(H,9,11). The summed E-state index contributed by atoms with van der Waals surface area (Å²) in [6.45, 7) is 7.91. The molecule has 0 spiro atoms. The maximum atomic E-state index is 11.2. The fraction of sp³-hybridized carbons (Fsp3) is 0.500. The Bertz CT molecular complexity index is 989. The van der Waals surface area contributed by atoms with Gasteiger partial charge in [-0.15, -0.1) is 0 Å². The molecule has 0 bridgehead atoms. The molecular formula is C22H30N4O2S. The number of nitrogens with one attached hydrogen (secondary N) is 2. The molecule has 0 saturated carbocycles. The quantitative estimate of drug-likeness (QED) is 0.551. The first-order valence-corrected chi connectivity index (χ1v) is 10.4. The Morgan fingerprint density at radius 1 is 1.31 bits per heavy atom. The van der Waals surface area contributed by atoms with Gasteiger partial charge in [0, 0.05) is 17.3 Å². The van der Waals surface area contributed by atoms with E-state index in [0.29, 0.717) is 4.64 Å². The molecule has 2 aliphatic rings. The Morgan fingerprint density at radius 3 is 2.62 bits per heavy atom. The zero-order valence-corrected chi connectivity index (χ0v) is 18.4. The number of hydrogen-bond acceptors (Lipinski definition) is 4. The number of H-pyrrole nitrogens is 1. The lowest BCUT2D eigenvalue weighted by Gasteiger charge is -2.20. The number of nitrogens with two attached hydrogens (primary N) is 1. The molecule has 2 aromatic heterocycles. The highest BCUT2D eigenvalue weighted by Crippen LogP contribution is 2.44. The molecule has 0 radical (unpaired) electrons. The second kappa shape index (κ2) is 7.88. The molecule has 0 atom stereocenters. The molecule has 29 heavy (non-hydrogen) atoms. The summed E-state index contributed by atoms with van der Waals surface area (Å²) in [5.74, 6) is 0. The summed E-state index contributed by atoms with van der Waals surface area (Å²) in [5.41, 5.74) is 11.2. The summed E-state index contributed by atoms with van der Waals surface area (Å²) in [6.07, 6.45) is 6.95. The topological polar surface area (TPSA) is 104 Å². The Kier molecular flexibility index (Phi) is 5.83. The van der Waals surface area contributed by atoms with E-state index in [-0.39, 0.29) is 5.41 Å². The minimum atomic E-state index is -0.803. The largest absolute Gasteiger partial charge is 0.386 e. The first-order valence-electron chi connectivity index (χ1n) is 10.0. The van der Waals surface area contributed by atoms with Gasteiger partial charge in [-0.3, -0.25) is 4.98 Å². The van der Waals surface area contributed by atoms with Crippen molar-refractivity contribution in [2.75, 3.05) is 5.32 Å². The number of hydrogen-bond donors (Lipinski definition) is 4. The van der Waals surface area contributed by atoms with Gasteiger partial charge in [0.25, 0.3) is 0 Å². The van der Waals surface area contributed by atoms with Gasteiger partial charge in [0.15, 0.2) is 0 Å². The van der Waals surface area contributed by atoms with E-state index in [9.17, 15) is 9.90 Å². The maximum absolute atomic E-state index is 11.2. The van der Waals surface area contributed by atoms with Gasteiger partial charge in [-0.2, -0.15) is 0 Å². The number of aliphatic hydroxyl groups is 1. The van der Waals surface area contributed by atoms with Crippen LogP contribution < -0.4 is 11.1 Å². The number of carbonyl (C=O) groups is 1. The molecule has 0 unspecified atom stereocenters. The molecule has 2 aliphatic carbocycles. The number of rotatable bonds is 2. The maximum Gasteiger partial charge on any atom is 0.316 e. The van der Waals surface area contributed by atoms with Crippen LogP contribution in [-0.2, 0) is 30.3 Å². The summed E-state index contributed by atoms with van der Waals surface area (Å²) in [7, 11) is 0. The average Bonchev–Trinajstić information content (AvgIpc) is 3.19. The molecule has 2 aromatic rings. The second-order valence-corrected chi connectivity index (χ2v) is 9.41. The summed E-state index contributed by atoms with van der Waals surface area (Å²) in [6, 6.07) is 3.10. The predicted molar refractivity (Wildman–Crippen MR) is 118 cm³/mol. The van der Waals surface area contributed by atoms with E-state index in [2.05, 4.69) is 24.1 Å². The number of pyridine rings is 2. The molecule has 0 aromatic carbocycles. The molecule has 4 rings (SSSR count). The highest BCUT2D eigenvalue weighted by Gasteiger charge is 2.36. The summed E-state index contributed by atoms with van der Waals surface area (Å²) in [4.78, 5) is 18.9. The van der Waals surface area contributed by atoms with Crippen molar-refractivity contribution in [3.63, 3.8) is 0 Å². The second-order valence-electron chi connectivity index (χ2n) is 8.97. The third-order valence-electron chi connectivity index (χ3n) is 5.70. The number of carbonyl (C=O) groups excluding carboxylic acids is 1. The van der Waals surface area contributed by atoms with Crippen molar-refractivity contribution >= 4 is 23.9 Å². The lowest BCUT2D eigenvalue weighted by molar-refractivity contribution is 0.0784. The average molecular weight is 415 g/mol. The number of anilines is 1. The highest BCUT2D eigenvalue weighted by atomic mass is 32.1. The monoisotopic (exact) mass is 414 g/mol. The van der Waals surface area contributed by atoms with Crippen LogP contribution in [0.25, 0.3) is 0 Å². The van der Waals surface area contributed by atoms with Crippen molar-refractivity contribution in [1.29, 1.82) is 0 Å². The molecule has 2 amide bonds. The van der Waals surface area contributed by atoms with Gasteiger partial charge in [-0.1, -0.05) is 26.1 Å². The van der Waals surface area contributed by atoms with Crippen molar-refractivity contribution in [2.24, 2.45) is 5.73 Å². The Labute approximate surface area is 177 Å². The molecule has 156 valence electrons. The third-order valence-corrected chi connectivity index (χ3v) is 5.93. The highest BCUT2D eigenvalue weighted by molar-refractivity contribution is 7.71. The number of primary amides is 1. The van der Waals surface area contributed by atoms with Gasteiger partial charge in [0.05, 0.1) is 17.0 Å². The van der Waals surface area contributed by atoms with Crippen LogP contribution in [-0.4, -0.2) is 21.1 Å². The van der Waals surface area contributed by atoms with Crippen LogP contribution in [0.5, 0.6) is 0 Å². The van der Waals surface area contributed by atoms with Crippen LogP contribution in [0.2, 0.25) is 0 Å². The van der Waals surface area contributed by atoms with E-state index in [0.717, 1.165) is 54.7 Å². The molecule has 6 nitrogen and oxygen atoms in total. The van der Waals surface area contributed by atoms with Crippen molar-refractivity contribution in [2.45, 2.75) is 70.8 Å². The first-order chi connectivity index (χ1) is 13.5. The number of aromatic amines is 1. The van der Waals surface area contributed by atoms with E-state index in [1.165, 1.54) is 11.1 Å². The number of urea groups is 1. The third kappa shape index (κ3) is 4.67. The van der Waals surface area contributed by atoms with Gasteiger partial charge < -0.3 is 21.1 Å². The van der Waals surface area contributed by atoms with Gasteiger partial charge in [0.1, 0.15) is 4.64 Å². The lowest BCUT2D eigenvalue weighted by Crippen LogP contribution is -2.22. The number of fused-ring (bicyclic) bond motifs is 2. The van der Waals surface area contributed by atoms with Crippen molar-refractivity contribution in [3.8, 4) is 0 Å². The van der Waals surface area contributed by atoms with Crippen LogP contribution >= 0.6 is 12.2 Å². The minimum Gasteiger partial charge on any atom is -0.386 e. The Morgan fingerprint density at radius 2 is 2.03 bits per heavy atom. The van der Waals surface area contributed by atoms with Crippen LogP contribution in [0.15, 0.2) is 18.3 Å². The summed E-state index contributed by atoms with van der Waals surface area (Å²) in [5, 5.41) is 12.4. The van der Waals surface area contributed by atoms with E-state index in [4.69, 9.17) is 22.9 Å². The van der Waals surface area contributed by atoms with Crippen LogP contribution in [0.4, 0.5) is 10.5 Å². The fourth-order valence-corrected chi connectivity index (χ4v) is 4.28. The van der Waals surface area contributed by atoms with E-state index < -0.39 is 11.6 Å². The molecule has 2 heterocycles. The smallest absolute Gasteiger partial charge is 0.316 e. The number of nitrogens with zero attached hydrogens (tertiary/aromatic N) is 1.